The van der Waals surface area contributed by atoms with Gasteiger partial charge >= 0.3 is 12.0 Å². The van der Waals surface area contributed by atoms with Gasteiger partial charge in [-0.2, -0.15) is 0 Å². The largest absolute Gasteiger partial charge is 0.460 e. The summed E-state index contributed by atoms with van der Waals surface area (Å²) < 4.78 is 16.1. The number of rotatable bonds is 6. The second-order valence-corrected chi connectivity index (χ2v) is 5.82. The predicted octanol–water partition coefficient (Wildman–Crippen LogP) is 2.59. The maximum absolute atomic E-state index is 12.1. The lowest BCUT2D eigenvalue weighted by Crippen LogP contribution is -2.39. The Morgan fingerprint density at radius 2 is 2.12 bits per heavy atom. The fraction of sp³-hybridized carbons (Fsp3) is 0.444. The summed E-state index contributed by atoms with van der Waals surface area (Å²) in [6.45, 7) is 3.38. The third-order valence-corrected chi connectivity index (χ3v) is 4.10. The van der Waals surface area contributed by atoms with Gasteiger partial charge in [-0.25, -0.2) is 9.59 Å². The van der Waals surface area contributed by atoms with Gasteiger partial charge in [0.2, 0.25) is 5.76 Å². The van der Waals surface area contributed by atoms with Crippen LogP contribution in [-0.4, -0.2) is 37.9 Å². The van der Waals surface area contributed by atoms with E-state index in [1.807, 2.05) is 18.2 Å². The summed E-state index contributed by atoms with van der Waals surface area (Å²) in [6.07, 6.45) is 2.06. The van der Waals surface area contributed by atoms with Gasteiger partial charge in [-0.15, -0.1) is 0 Å². The molecule has 1 saturated heterocycles. The van der Waals surface area contributed by atoms with Crippen LogP contribution >= 0.6 is 0 Å². The number of urea groups is 1. The Kier molecular flexibility index (Phi) is 5.55. The molecule has 1 unspecified atom stereocenters. The molecule has 2 aromatic rings. The molecular weight excluding hydrogens is 324 g/mol. The molecule has 7 nitrogen and oxygen atoms in total. The molecule has 1 aliphatic rings. The van der Waals surface area contributed by atoms with Gasteiger partial charge in [0.05, 0.1) is 12.7 Å². The standard InChI is InChI=1S/C18H22N2O5/c1-2-23-17(21)16-14(13-7-3-4-8-15(13)25-16)11-20-18(22)19-10-12-6-5-9-24-12/h3-4,7-8,12H,2,5-6,9-11H2,1H3,(H2,19,20,22). The van der Waals surface area contributed by atoms with Crippen molar-refractivity contribution in [1.82, 2.24) is 10.6 Å². The quantitative estimate of drug-likeness (QED) is 0.785. The summed E-state index contributed by atoms with van der Waals surface area (Å²) in [5, 5.41) is 6.33. The van der Waals surface area contributed by atoms with Crippen molar-refractivity contribution in [2.45, 2.75) is 32.4 Å². The van der Waals surface area contributed by atoms with Crippen LogP contribution in [0.25, 0.3) is 11.0 Å². The zero-order valence-corrected chi connectivity index (χ0v) is 14.2. The van der Waals surface area contributed by atoms with Crippen molar-refractivity contribution in [2.75, 3.05) is 19.8 Å². The molecule has 0 saturated carbocycles. The zero-order chi connectivity index (χ0) is 17.6. The van der Waals surface area contributed by atoms with Crippen LogP contribution in [0.3, 0.4) is 0 Å². The van der Waals surface area contributed by atoms with E-state index in [0.29, 0.717) is 17.7 Å². The van der Waals surface area contributed by atoms with Crippen LogP contribution in [0.1, 0.15) is 35.9 Å². The van der Waals surface area contributed by atoms with Gasteiger partial charge in [0, 0.05) is 30.6 Å². The second-order valence-electron chi connectivity index (χ2n) is 5.82. The summed E-state index contributed by atoms with van der Waals surface area (Å²) >= 11 is 0. The number of para-hydroxylation sites is 1. The van der Waals surface area contributed by atoms with Gasteiger partial charge in [-0.05, 0) is 25.8 Å². The van der Waals surface area contributed by atoms with Gasteiger partial charge in [0.25, 0.3) is 0 Å². The van der Waals surface area contributed by atoms with E-state index >= 15 is 0 Å². The van der Waals surface area contributed by atoms with Crippen molar-refractivity contribution >= 4 is 23.0 Å². The monoisotopic (exact) mass is 346 g/mol. The van der Waals surface area contributed by atoms with Crippen molar-refractivity contribution in [2.24, 2.45) is 0 Å². The number of carbonyl (C=O) groups is 2. The molecule has 2 amide bonds. The number of benzene rings is 1. The first-order valence-electron chi connectivity index (χ1n) is 8.50. The van der Waals surface area contributed by atoms with Crippen LogP contribution in [-0.2, 0) is 16.0 Å². The smallest absolute Gasteiger partial charge is 0.374 e. The highest BCUT2D eigenvalue weighted by atomic mass is 16.5. The van der Waals surface area contributed by atoms with Gasteiger partial charge in [0.15, 0.2) is 0 Å². The number of hydrogen-bond donors (Lipinski definition) is 2. The van der Waals surface area contributed by atoms with E-state index in [4.69, 9.17) is 13.9 Å². The lowest BCUT2D eigenvalue weighted by molar-refractivity contribution is 0.0490. The molecule has 3 rings (SSSR count). The third kappa shape index (κ3) is 4.11. The molecule has 2 N–H and O–H groups in total. The summed E-state index contributed by atoms with van der Waals surface area (Å²) in [4.78, 5) is 24.1. The normalized spacial score (nSPS) is 16.8. The molecule has 134 valence electrons. The first-order valence-corrected chi connectivity index (χ1v) is 8.50. The van der Waals surface area contributed by atoms with Gasteiger partial charge in [-0.1, -0.05) is 18.2 Å². The van der Waals surface area contributed by atoms with Crippen molar-refractivity contribution in [3.05, 3.63) is 35.6 Å². The second kappa shape index (κ2) is 8.02. The fourth-order valence-electron chi connectivity index (χ4n) is 2.88. The van der Waals surface area contributed by atoms with Crippen LogP contribution in [0.15, 0.2) is 28.7 Å². The topological polar surface area (TPSA) is 89.8 Å². The fourth-order valence-corrected chi connectivity index (χ4v) is 2.88. The average molecular weight is 346 g/mol. The Morgan fingerprint density at radius 1 is 1.28 bits per heavy atom. The minimum atomic E-state index is -0.532. The maximum Gasteiger partial charge on any atom is 0.374 e. The molecule has 25 heavy (non-hydrogen) atoms. The number of furan rings is 1. The minimum Gasteiger partial charge on any atom is -0.460 e. The molecule has 0 spiro atoms. The molecule has 0 radical (unpaired) electrons. The van der Waals surface area contributed by atoms with Crippen molar-refractivity contribution in [3.8, 4) is 0 Å². The van der Waals surface area contributed by atoms with Crippen molar-refractivity contribution in [1.29, 1.82) is 0 Å². The lowest BCUT2D eigenvalue weighted by Gasteiger charge is -2.11. The van der Waals surface area contributed by atoms with E-state index < -0.39 is 5.97 Å². The Labute approximate surface area is 145 Å². The van der Waals surface area contributed by atoms with E-state index in [1.54, 1.807) is 13.0 Å². The highest BCUT2D eigenvalue weighted by molar-refractivity contribution is 5.96. The number of nitrogens with one attached hydrogen (secondary N) is 2. The number of fused-ring (bicyclic) bond motifs is 1. The highest BCUT2D eigenvalue weighted by Crippen LogP contribution is 2.26. The summed E-state index contributed by atoms with van der Waals surface area (Å²) in [5.74, 6) is -0.405. The minimum absolute atomic E-state index is 0.0793. The number of esters is 1. The number of amides is 2. The SMILES string of the molecule is CCOC(=O)c1oc2ccccc2c1CNC(=O)NCC1CCCO1. The summed E-state index contributed by atoms with van der Waals surface area (Å²) in [6, 6.07) is 7.00. The number of carbonyl (C=O) groups excluding carboxylic acids is 2. The molecule has 1 fully saturated rings. The Hall–Kier alpha value is -2.54. The van der Waals surface area contributed by atoms with E-state index in [9.17, 15) is 9.59 Å². The van der Waals surface area contributed by atoms with E-state index in [-0.39, 0.29) is 31.0 Å². The summed E-state index contributed by atoms with van der Waals surface area (Å²) in [5.41, 5.74) is 1.20. The van der Waals surface area contributed by atoms with Crippen LogP contribution in [0.4, 0.5) is 4.79 Å². The van der Waals surface area contributed by atoms with Crippen LogP contribution in [0, 0.1) is 0 Å². The molecule has 7 heteroatoms. The Balaban J connectivity index is 1.67. The number of ether oxygens (including phenoxy) is 2. The van der Waals surface area contributed by atoms with E-state index in [1.165, 1.54) is 0 Å². The zero-order valence-electron chi connectivity index (χ0n) is 14.2. The molecule has 0 aliphatic carbocycles. The maximum atomic E-state index is 12.1. The van der Waals surface area contributed by atoms with Gasteiger partial charge in [-0.3, -0.25) is 0 Å². The van der Waals surface area contributed by atoms with E-state index in [0.717, 1.165) is 24.8 Å². The average Bonchev–Trinajstić information content (AvgIpc) is 3.26. The number of hydrogen-bond acceptors (Lipinski definition) is 5. The third-order valence-electron chi connectivity index (χ3n) is 4.10. The van der Waals surface area contributed by atoms with Crippen LogP contribution in [0.2, 0.25) is 0 Å². The molecule has 1 aromatic heterocycles. The molecule has 1 atom stereocenters. The Morgan fingerprint density at radius 3 is 2.88 bits per heavy atom. The first-order chi connectivity index (χ1) is 12.2. The van der Waals surface area contributed by atoms with Crippen LogP contribution in [0.5, 0.6) is 0 Å². The highest BCUT2D eigenvalue weighted by Gasteiger charge is 2.22. The molecule has 2 heterocycles. The molecular formula is C18H22N2O5. The van der Waals surface area contributed by atoms with Crippen molar-refractivity contribution in [3.63, 3.8) is 0 Å². The first kappa shape index (κ1) is 17.3. The van der Waals surface area contributed by atoms with Gasteiger partial charge < -0.3 is 24.5 Å². The molecule has 1 aliphatic heterocycles. The summed E-state index contributed by atoms with van der Waals surface area (Å²) in [7, 11) is 0. The molecule has 0 bridgehead atoms. The molecule has 1 aromatic carbocycles. The van der Waals surface area contributed by atoms with Crippen molar-refractivity contribution < 1.29 is 23.5 Å². The van der Waals surface area contributed by atoms with Crippen LogP contribution < -0.4 is 10.6 Å². The Bertz CT molecular complexity index is 749. The van der Waals surface area contributed by atoms with Gasteiger partial charge in [0.1, 0.15) is 5.58 Å². The lowest BCUT2D eigenvalue weighted by atomic mass is 10.1. The predicted molar refractivity (Wildman–Crippen MR) is 91.4 cm³/mol. The van der Waals surface area contributed by atoms with E-state index in [2.05, 4.69) is 10.6 Å².